The highest BCUT2D eigenvalue weighted by molar-refractivity contribution is 7.13. The van der Waals surface area contributed by atoms with Crippen molar-refractivity contribution >= 4 is 39.4 Å². The van der Waals surface area contributed by atoms with Gasteiger partial charge in [-0.3, -0.25) is 4.79 Å². The number of thiazole rings is 1. The predicted molar refractivity (Wildman–Crippen MR) is 109 cm³/mol. The fraction of sp³-hybridized carbons (Fsp3) is 0.526. The topological polar surface area (TPSA) is 88.8 Å². The first-order valence-electron chi connectivity index (χ1n) is 9.95. The lowest BCUT2D eigenvalue weighted by Gasteiger charge is -2.32. The zero-order valence-electron chi connectivity index (χ0n) is 15.7. The Bertz CT molecular complexity index is 984. The molecular formula is C19H23N7OS. The summed E-state index contributed by atoms with van der Waals surface area (Å²) in [6, 6.07) is 0. The summed E-state index contributed by atoms with van der Waals surface area (Å²) >= 11 is 1.44. The molecule has 2 aliphatic rings. The zero-order chi connectivity index (χ0) is 18.9. The van der Waals surface area contributed by atoms with Crippen LogP contribution in [0.15, 0.2) is 17.9 Å². The molecule has 1 fully saturated rings. The normalized spacial score (nSPS) is 20.0. The third-order valence-electron chi connectivity index (χ3n) is 5.63. The van der Waals surface area contributed by atoms with Crippen molar-refractivity contribution in [2.45, 2.75) is 45.1 Å². The molecule has 28 heavy (non-hydrogen) atoms. The Morgan fingerprint density at radius 2 is 2.11 bits per heavy atom. The van der Waals surface area contributed by atoms with Crippen LogP contribution in [0.4, 0.5) is 10.9 Å². The molecule has 1 N–H and O–H groups in total. The van der Waals surface area contributed by atoms with Crippen LogP contribution < -0.4 is 10.2 Å². The van der Waals surface area contributed by atoms with Crippen LogP contribution in [0.5, 0.6) is 0 Å². The number of anilines is 2. The van der Waals surface area contributed by atoms with E-state index in [2.05, 4.69) is 29.7 Å². The summed E-state index contributed by atoms with van der Waals surface area (Å²) in [5.74, 6) is 1.93. The number of aryl methyl sites for hydroxylation is 2. The number of carbonyl (C=O) groups is 1. The molecular weight excluding hydrogens is 374 g/mol. The van der Waals surface area contributed by atoms with Gasteiger partial charge in [0.2, 0.25) is 5.91 Å². The molecule has 0 aromatic carbocycles. The molecule has 2 aliphatic heterocycles. The van der Waals surface area contributed by atoms with Crippen LogP contribution in [0.1, 0.15) is 37.9 Å². The molecule has 3 aromatic heterocycles. The molecule has 0 aliphatic carbocycles. The predicted octanol–water partition coefficient (Wildman–Crippen LogP) is 2.86. The van der Waals surface area contributed by atoms with Gasteiger partial charge < -0.3 is 14.8 Å². The Hall–Kier alpha value is -2.55. The number of carbonyl (C=O) groups excluding carboxylic acids is 1. The van der Waals surface area contributed by atoms with Crippen LogP contribution in [0.25, 0.3) is 11.2 Å². The van der Waals surface area contributed by atoms with Gasteiger partial charge in [0.25, 0.3) is 0 Å². The molecule has 0 spiro atoms. The number of rotatable bonds is 3. The highest BCUT2D eigenvalue weighted by Crippen LogP contribution is 2.29. The molecule has 1 atom stereocenters. The molecule has 5 rings (SSSR count). The van der Waals surface area contributed by atoms with Gasteiger partial charge in [-0.2, -0.15) is 0 Å². The fourth-order valence-corrected chi connectivity index (χ4v) is 4.76. The summed E-state index contributed by atoms with van der Waals surface area (Å²) in [5.41, 5.74) is 1.80. The third-order valence-corrected chi connectivity index (χ3v) is 6.32. The standard InChI is InChI=1S/C19H23N7OS/c27-18(24-19-20-7-10-28-19)13-5-4-8-25(11-13)16-15-17(22-12-21-16)26-9-3-1-2-6-14(26)23-15/h7,10,12-13H,1-6,8-9,11H2,(H,20,24,27)/t13-/m1/s1. The Balaban J connectivity index is 1.41. The van der Waals surface area contributed by atoms with E-state index in [0.29, 0.717) is 11.7 Å². The molecule has 0 radical (unpaired) electrons. The summed E-state index contributed by atoms with van der Waals surface area (Å²) in [6.07, 6.45) is 9.75. The molecule has 146 valence electrons. The molecule has 1 amide bonds. The van der Waals surface area contributed by atoms with Gasteiger partial charge in [0.1, 0.15) is 12.2 Å². The largest absolute Gasteiger partial charge is 0.354 e. The highest BCUT2D eigenvalue weighted by Gasteiger charge is 2.29. The number of nitrogens with one attached hydrogen (secondary N) is 1. The maximum atomic E-state index is 12.7. The van der Waals surface area contributed by atoms with Gasteiger partial charge >= 0.3 is 0 Å². The first-order valence-corrected chi connectivity index (χ1v) is 10.8. The number of hydrogen-bond acceptors (Lipinski definition) is 7. The van der Waals surface area contributed by atoms with E-state index in [9.17, 15) is 4.79 Å². The summed E-state index contributed by atoms with van der Waals surface area (Å²) in [4.78, 5) is 33.0. The average Bonchev–Trinajstić information content (AvgIpc) is 3.29. The minimum absolute atomic E-state index is 0.0329. The van der Waals surface area contributed by atoms with E-state index in [0.717, 1.165) is 55.2 Å². The van der Waals surface area contributed by atoms with E-state index >= 15 is 0 Å². The molecule has 0 saturated carbocycles. The van der Waals surface area contributed by atoms with Gasteiger partial charge in [-0.1, -0.05) is 6.42 Å². The smallest absolute Gasteiger partial charge is 0.231 e. The molecule has 9 heteroatoms. The van der Waals surface area contributed by atoms with Crippen molar-refractivity contribution in [1.82, 2.24) is 24.5 Å². The minimum atomic E-state index is -0.0805. The maximum Gasteiger partial charge on any atom is 0.231 e. The van der Waals surface area contributed by atoms with Crippen LogP contribution in [-0.4, -0.2) is 43.5 Å². The molecule has 3 aromatic rings. The summed E-state index contributed by atoms with van der Waals surface area (Å²) in [5, 5.41) is 5.46. The van der Waals surface area contributed by atoms with Crippen molar-refractivity contribution in [3.05, 3.63) is 23.7 Å². The van der Waals surface area contributed by atoms with Crippen molar-refractivity contribution in [3.63, 3.8) is 0 Å². The number of nitrogens with zero attached hydrogens (tertiary/aromatic N) is 6. The Morgan fingerprint density at radius 1 is 1.14 bits per heavy atom. The van der Waals surface area contributed by atoms with Crippen molar-refractivity contribution in [2.24, 2.45) is 5.92 Å². The number of imidazole rings is 1. The average molecular weight is 398 g/mol. The van der Waals surface area contributed by atoms with Gasteiger partial charge in [0, 0.05) is 37.6 Å². The fourth-order valence-electron chi connectivity index (χ4n) is 4.23. The molecule has 0 unspecified atom stereocenters. The monoisotopic (exact) mass is 397 g/mol. The van der Waals surface area contributed by atoms with Crippen molar-refractivity contribution < 1.29 is 4.79 Å². The van der Waals surface area contributed by atoms with E-state index in [4.69, 9.17) is 4.98 Å². The van der Waals surface area contributed by atoms with E-state index < -0.39 is 0 Å². The van der Waals surface area contributed by atoms with E-state index in [1.165, 1.54) is 30.6 Å². The summed E-state index contributed by atoms with van der Waals surface area (Å²) in [6.45, 7) is 2.50. The molecule has 5 heterocycles. The second kappa shape index (κ2) is 7.46. The number of amides is 1. The second-order valence-corrected chi connectivity index (χ2v) is 8.37. The molecule has 8 nitrogen and oxygen atoms in total. The third kappa shape index (κ3) is 3.23. The first-order chi connectivity index (χ1) is 13.8. The van der Waals surface area contributed by atoms with Crippen molar-refractivity contribution in [2.75, 3.05) is 23.3 Å². The van der Waals surface area contributed by atoms with Crippen LogP contribution >= 0.6 is 11.3 Å². The Morgan fingerprint density at radius 3 is 3.00 bits per heavy atom. The van der Waals surface area contributed by atoms with Gasteiger partial charge in [-0.25, -0.2) is 19.9 Å². The van der Waals surface area contributed by atoms with Crippen molar-refractivity contribution in [3.8, 4) is 0 Å². The number of aromatic nitrogens is 5. The maximum absolute atomic E-state index is 12.7. The van der Waals surface area contributed by atoms with Crippen LogP contribution in [0.3, 0.4) is 0 Å². The molecule has 1 saturated heterocycles. The first kappa shape index (κ1) is 17.5. The highest BCUT2D eigenvalue weighted by atomic mass is 32.1. The lowest BCUT2D eigenvalue weighted by Crippen LogP contribution is -2.41. The van der Waals surface area contributed by atoms with E-state index in [1.54, 1.807) is 12.5 Å². The van der Waals surface area contributed by atoms with Gasteiger partial charge in [0.15, 0.2) is 22.1 Å². The van der Waals surface area contributed by atoms with Crippen LogP contribution in [0, 0.1) is 5.92 Å². The number of hydrogen-bond donors (Lipinski definition) is 1. The second-order valence-electron chi connectivity index (χ2n) is 7.47. The summed E-state index contributed by atoms with van der Waals surface area (Å²) < 4.78 is 2.25. The van der Waals surface area contributed by atoms with Crippen LogP contribution in [-0.2, 0) is 17.8 Å². The van der Waals surface area contributed by atoms with Gasteiger partial charge in [-0.15, -0.1) is 11.3 Å². The lowest BCUT2D eigenvalue weighted by atomic mass is 9.97. The SMILES string of the molecule is O=C(Nc1nccs1)[C@@H]1CCCN(c2ncnc3c2nc2n3CCCCC2)C1. The van der Waals surface area contributed by atoms with E-state index in [-0.39, 0.29) is 11.8 Å². The minimum Gasteiger partial charge on any atom is -0.354 e. The number of fused-ring (bicyclic) bond motifs is 3. The van der Waals surface area contributed by atoms with Crippen molar-refractivity contribution in [1.29, 1.82) is 0 Å². The van der Waals surface area contributed by atoms with Gasteiger partial charge in [-0.05, 0) is 25.7 Å². The quantitative estimate of drug-likeness (QED) is 0.731. The number of piperidine rings is 1. The lowest BCUT2D eigenvalue weighted by molar-refractivity contribution is -0.120. The molecule has 0 bridgehead atoms. The summed E-state index contributed by atoms with van der Waals surface area (Å²) in [7, 11) is 0. The van der Waals surface area contributed by atoms with Crippen LogP contribution in [0.2, 0.25) is 0 Å². The van der Waals surface area contributed by atoms with E-state index in [1.807, 2.05) is 5.38 Å². The Kier molecular flexibility index (Phi) is 4.67. The zero-order valence-corrected chi connectivity index (χ0v) is 16.5. The van der Waals surface area contributed by atoms with Gasteiger partial charge in [0.05, 0.1) is 5.92 Å². The Labute approximate surface area is 167 Å².